The van der Waals surface area contributed by atoms with Gasteiger partial charge in [0.2, 0.25) is 10.7 Å². The van der Waals surface area contributed by atoms with Crippen LogP contribution in [0, 0.1) is 18.6 Å². The number of nitrogens with zero attached hydrogens (tertiary/aromatic N) is 4. The standard InChI is InChI=1S/C24H25N5O2S/c1-17-6-11-21(18(2)14-17)25-23(30)16-28-24(32)29(27-12-4-5-13-27)22(26-28)15-19-7-9-20(31-3)10-8-19/h4-14H,15-16H2,1-3H3,(H,25,30). The summed E-state index contributed by atoms with van der Waals surface area (Å²) in [5.74, 6) is 1.35. The lowest BCUT2D eigenvalue weighted by Gasteiger charge is -2.09. The third kappa shape index (κ3) is 4.65. The fraction of sp³-hybridized carbons (Fsp3) is 0.208. The van der Waals surface area contributed by atoms with Crippen molar-refractivity contribution in [3.8, 4) is 5.75 Å². The van der Waals surface area contributed by atoms with Crippen LogP contribution < -0.4 is 10.1 Å². The first-order valence-electron chi connectivity index (χ1n) is 10.3. The minimum Gasteiger partial charge on any atom is -0.497 e. The van der Waals surface area contributed by atoms with Crippen LogP contribution in [0.1, 0.15) is 22.5 Å². The van der Waals surface area contributed by atoms with Crippen LogP contribution in [-0.4, -0.2) is 32.1 Å². The molecular weight excluding hydrogens is 422 g/mol. The van der Waals surface area contributed by atoms with Crippen molar-refractivity contribution >= 4 is 23.8 Å². The molecule has 7 nitrogen and oxygen atoms in total. The third-order valence-electron chi connectivity index (χ3n) is 5.17. The minimum atomic E-state index is -0.179. The zero-order valence-electron chi connectivity index (χ0n) is 18.3. The molecular formula is C24H25N5O2S. The van der Waals surface area contributed by atoms with Crippen LogP contribution >= 0.6 is 12.2 Å². The van der Waals surface area contributed by atoms with Crippen molar-refractivity contribution in [2.45, 2.75) is 26.8 Å². The Hall–Kier alpha value is -3.65. The van der Waals surface area contributed by atoms with Crippen LogP contribution in [0.3, 0.4) is 0 Å². The Morgan fingerprint density at radius 3 is 2.47 bits per heavy atom. The van der Waals surface area contributed by atoms with Crippen LogP contribution in [0.25, 0.3) is 0 Å². The van der Waals surface area contributed by atoms with E-state index in [1.54, 1.807) is 11.8 Å². The largest absolute Gasteiger partial charge is 0.497 e. The molecule has 0 unspecified atom stereocenters. The molecule has 4 rings (SSSR count). The first-order chi connectivity index (χ1) is 15.4. The van der Waals surface area contributed by atoms with Gasteiger partial charge < -0.3 is 10.1 Å². The molecule has 164 valence electrons. The molecule has 0 radical (unpaired) electrons. The number of nitrogens with one attached hydrogen (secondary N) is 1. The number of ether oxygens (including phenoxy) is 1. The zero-order valence-corrected chi connectivity index (χ0v) is 19.1. The molecule has 0 aliphatic heterocycles. The van der Waals surface area contributed by atoms with E-state index < -0.39 is 0 Å². The molecule has 1 N–H and O–H groups in total. The number of aromatic nitrogens is 4. The van der Waals surface area contributed by atoms with Crippen LogP contribution in [0.15, 0.2) is 67.0 Å². The van der Waals surface area contributed by atoms with Gasteiger partial charge in [-0.15, -0.1) is 0 Å². The lowest BCUT2D eigenvalue weighted by molar-refractivity contribution is -0.116. The summed E-state index contributed by atoms with van der Waals surface area (Å²) in [7, 11) is 1.64. The van der Waals surface area contributed by atoms with Gasteiger partial charge in [-0.2, -0.15) is 5.10 Å². The highest BCUT2D eigenvalue weighted by molar-refractivity contribution is 7.71. The van der Waals surface area contributed by atoms with Crippen molar-refractivity contribution in [3.05, 3.63) is 94.3 Å². The average Bonchev–Trinajstić information content (AvgIpc) is 3.39. The monoisotopic (exact) mass is 447 g/mol. The molecule has 8 heteroatoms. The van der Waals surface area contributed by atoms with E-state index in [0.29, 0.717) is 11.2 Å². The van der Waals surface area contributed by atoms with Gasteiger partial charge in [0, 0.05) is 24.5 Å². The molecule has 32 heavy (non-hydrogen) atoms. The Morgan fingerprint density at radius 2 is 1.81 bits per heavy atom. The summed E-state index contributed by atoms with van der Waals surface area (Å²) in [5.41, 5.74) is 4.01. The van der Waals surface area contributed by atoms with Crippen LogP contribution in [0.2, 0.25) is 0 Å². The quantitative estimate of drug-likeness (QED) is 0.427. The van der Waals surface area contributed by atoms with Gasteiger partial charge in [0.15, 0.2) is 5.82 Å². The van der Waals surface area contributed by atoms with E-state index in [4.69, 9.17) is 17.0 Å². The normalized spacial score (nSPS) is 10.8. The highest BCUT2D eigenvalue weighted by atomic mass is 32.1. The predicted molar refractivity (Wildman–Crippen MR) is 127 cm³/mol. The van der Waals surface area contributed by atoms with Crippen molar-refractivity contribution in [1.82, 2.24) is 19.1 Å². The Bertz CT molecular complexity index is 1290. The topological polar surface area (TPSA) is 66.0 Å². The highest BCUT2D eigenvalue weighted by Gasteiger charge is 2.15. The van der Waals surface area contributed by atoms with Crippen molar-refractivity contribution in [1.29, 1.82) is 0 Å². The summed E-state index contributed by atoms with van der Waals surface area (Å²) in [6, 6.07) is 17.6. The predicted octanol–water partition coefficient (Wildman–Crippen LogP) is 4.38. The van der Waals surface area contributed by atoms with E-state index in [-0.39, 0.29) is 12.5 Å². The number of benzene rings is 2. The molecule has 2 heterocycles. The molecule has 0 fully saturated rings. The number of amides is 1. The van der Waals surface area contributed by atoms with Crippen LogP contribution in [-0.2, 0) is 17.8 Å². The number of carbonyl (C=O) groups is 1. The van der Waals surface area contributed by atoms with Crippen molar-refractivity contribution in [3.63, 3.8) is 0 Å². The smallest absolute Gasteiger partial charge is 0.246 e. The van der Waals surface area contributed by atoms with E-state index in [1.807, 2.05) is 90.2 Å². The molecule has 0 aliphatic rings. The Morgan fingerprint density at radius 1 is 1.09 bits per heavy atom. The molecule has 4 aromatic rings. The molecule has 1 amide bonds. The number of anilines is 1. The number of hydrogen-bond acceptors (Lipinski definition) is 4. The van der Waals surface area contributed by atoms with Crippen molar-refractivity contribution in [2.24, 2.45) is 0 Å². The van der Waals surface area contributed by atoms with Gasteiger partial charge in [-0.1, -0.05) is 29.8 Å². The maximum Gasteiger partial charge on any atom is 0.246 e. The van der Waals surface area contributed by atoms with E-state index >= 15 is 0 Å². The summed E-state index contributed by atoms with van der Waals surface area (Å²) in [6.07, 6.45) is 4.35. The van der Waals surface area contributed by atoms with Gasteiger partial charge in [0.1, 0.15) is 12.3 Å². The minimum absolute atomic E-state index is 0.0238. The van der Waals surface area contributed by atoms with Gasteiger partial charge in [-0.3, -0.25) is 9.47 Å². The Kier molecular flexibility index (Phi) is 6.23. The van der Waals surface area contributed by atoms with E-state index in [2.05, 4.69) is 10.4 Å². The Balaban J connectivity index is 1.61. The molecule has 0 aliphatic carbocycles. The molecule has 0 saturated carbocycles. The molecule has 2 aromatic carbocycles. The van der Waals surface area contributed by atoms with Crippen LogP contribution in [0.4, 0.5) is 5.69 Å². The first-order valence-corrected chi connectivity index (χ1v) is 10.7. The fourth-order valence-electron chi connectivity index (χ4n) is 3.55. The lowest BCUT2D eigenvalue weighted by atomic mass is 10.1. The number of carbonyl (C=O) groups excluding carboxylic acids is 1. The summed E-state index contributed by atoms with van der Waals surface area (Å²) in [6.45, 7) is 4.02. The second-order valence-corrected chi connectivity index (χ2v) is 7.99. The average molecular weight is 448 g/mol. The molecule has 0 bridgehead atoms. The number of rotatable bonds is 7. The van der Waals surface area contributed by atoms with Crippen molar-refractivity contribution < 1.29 is 9.53 Å². The van der Waals surface area contributed by atoms with E-state index in [0.717, 1.165) is 34.0 Å². The number of hydrogen-bond donors (Lipinski definition) is 1. The van der Waals surface area contributed by atoms with E-state index in [1.165, 1.54) is 0 Å². The summed E-state index contributed by atoms with van der Waals surface area (Å²) < 4.78 is 11.0. The second-order valence-electron chi connectivity index (χ2n) is 7.62. The number of methoxy groups -OCH3 is 1. The second kappa shape index (κ2) is 9.23. The molecule has 2 aromatic heterocycles. The fourth-order valence-corrected chi connectivity index (χ4v) is 3.86. The van der Waals surface area contributed by atoms with Gasteiger partial charge >= 0.3 is 0 Å². The van der Waals surface area contributed by atoms with Gasteiger partial charge in [0.25, 0.3) is 0 Å². The zero-order chi connectivity index (χ0) is 22.7. The van der Waals surface area contributed by atoms with Gasteiger partial charge in [-0.25, -0.2) is 9.36 Å². The van der Waals surface area contributed by atoms with Gasteiger partial charge in [-0.05, 0) is 67.5 Å². The van der Waals surface area contributed by atoms with Gasteiger partial charge in [0.05, 0.1) is 7.11 Å². The Labute approximate surface area is 191 Å². The highest BCUT2D eigenvalue weighted by Crippen LogP contribution is 2.17. The maximum absolute atomic E-state index is 12.8. The van der Waals surface area contributed by atoms with Crippen LogP contribution in [0.5, 0.6) is 5.75 Å². The first kappa shape index (κ1) is 21.6. The molecule has 0 spiro atoms. The summed E-state index contributed by atoms with van der Waals surface area (Å²) in [5, 5.41) is 7.65. The third-order valence-corrected chi connectivity index (χ3v) is 5.56. The molecule has 0 saturated heterocycles. The SMILES string of the molecule is COc1ccc(Cc2nn(CC(=O)Nc3ccc(C)cc3C)c(=S)n2-n2cccc2)cc1. The molecule has 0 atom stereocenters. The maximum atomic E-state index is 12.8. The summed E-state index contributed by atoms with van der Waals surface area (Å²) in [4.78, 5) is 12.8. The van der Waals surface area contributed by atoms with Crippen molar-refractivity contribution in [2.75, 3.05) is 12.4 Å². The number of aryl methyl sites for hydroxylation is 2. The summed E-state index contributed by atoms with van der Waals surface area (Å²) >= 11 is 5.69. The van der Waals surface area contributed by atoms with E-state index in [9.17, 15) is 4.79 Å². The lowest BCUT2D eigenvalue weighted by Crippen LogP contribution is -2.20.